The van der Waals surface area contributed by atoms with Crippen LogP contribution in [0, 0.1) is 0 Å². The number of nitrogens with zero attached hydrogens (tertiary/aromatic N) is 6. The molecular formula is C24H26N8O3. The molecule has 1 aliphatic rings. The predicted octanol–water partition coefficient (Wildman–Crippen LogP) is 1.91. The number of aromatic nitrogens is 5. The first kappa shape index (κ1) is 22.5. The number of aryl methyl sites for hydroxylation is 1. The van der Waals surface area contributed by atoms with Gasteiger partial charge in [-0.2, -0.15) is 5.10 Å². The number of benzene rings is 1. The molecule has 2 N–H and O–H groups in total. The Morgan fingerprint density at radius 2 is 1.91 bits per heavy atom. The standard InChI is InChI=1S/C24H26N8O3/c1-30-19(23-26-17-5-3-4-6-18(17)27-23)13-20(29-30)28-24(34)16-7-8-21(25-14-16)31-9-11-32(12-10-31)22(33)15-35-2/h3-8,13-14H,9-12,15H2,1-2H3,(H,26,27)(H,28,29,34). The van der Waals surface area contributed by atoms with Gasteiger partial charge in [0.15, 0.2) is 11.6 Å². The fourth-order valence-electron chi connectivity index (χ4n) is 4.12. The molecule has 3 aromatic heterocycles. The van der Waals surface area contributed by atoms with Crippen LogP contribution in [0.25, 0.3) is 22.6 Å². The highest BCUT2D eigenvalue weighted by molar-refractivity contribution is 6.03. The van der Waals surface area contributed by atoms with Crippen molar-refractivity contribution in [1.29, 1.82) is 0 Å². The first-order valence-electron chi connectivity index (χ1n) is 11.3. The maximum absolute atomic E-state index is 12.8. The minimum atomic E-state index is -0.298. The van der Waals surface area contributed by atoms with Crippen molar-refractivity contribution in [3.8, 4) is 11.5 Å². The molecule has 1 saturated heterocycles. The maximum Gasteiger partial charge on any atom is 0.258 e. The highest BCUT2D eigenvalue weighted by atomic mass is 16.5. The number of aromatic amines is 1. The molecule has 0 saturated carbocycles. The zero-order valence-corrected chi connectivity index (χ0v) is 19.6. The van der Waals surface area contributed by atoms with Crippen molar-refractivity contribution in [3.63, 3.8) is 0 Å². The number of anilines is 2. The highest BCUT2D eigenvalue weighted by Crippen LogP contribution is 2.23. The Bertz CT molecular complexity index is 1320. The zero-order valence-electron chi connectivity index (χ0n) is 19.6. The van der Waals surface area contributed by atoms with Crippen LogP contribution in [0.3, 0.4) is 0 Å². The Labute approximate surface area is 201 Å². The van der Waals surface area contributed by atoms with Crippen LogP contribution in [-0.2, 0) is 16.6 Å². The van der Waals surface area contributed by atoms with E-state index in [2.05, 4.69) is 30.3 Å². The lowest BCUT2D eigenvalue weighted by molar-refractivity contribution is -0.135. The fraction of sp³-hybridized carbons (Fsp3) is 0.292. The summed E-state index contributed by atoms with van der Waals surface area (Å²) < 4.78 is 6.60. The molecule has 0 bridgehead atoms. The van der Waals surface area contributed by atoms with Gasteiger partial charge < -0.3 is 24.8 Å². The van der Waals surface area contributed by atoms with Crippen molar-refractivity contribution in [3.05, 3.63) is 54.2 Å². The molecule has 4 heterocycles. The van der Waals surface area contributed by atoms with Crippen LogP contribution in [0.1, 0.15) is 10.4 Å². The summed E-state index contributed by atoms with van der Waals surface area (Å²) in [7, 11) is 3.32. The summed E-state index contributed by atoms with van der Waals surface area (Å²) in [5.74, 6) is 1.56. The third kappa shape index (κ3) is 4.71. The Kier molecular flexibility index (Phi) is 6.15. The summed E-state index contributed by atoms with van der Waals surface area (Å²) in [5.41, 5.74) is 2.98. The Morgan fingerprint density at radius 3 is 2.63 bits per heavy atom. The van der Waals surface area contributed by atoms with Gasteiger partial charge in [0.25, 0.3) is 5.91 Å². The summed E-state index contributed by atoms with van der Waals surface area (Å²) in [5, 5.41) is 7.23. The number of piperazine rings is 1. The van der Waals surface area contributed by atoms with Crippen LogP contribution < -0.4 is 10.2 Å². The van der Waals surface area contributed by atoms with Crippen molar-refractivity contribution in [2.75, 3.05) is 50.1 Å². The van der Waals surface area contributed by atoms with Crippen molar-refractivity contribution in [1.82, 2.24) is 29.6 Å². The lowest BCUT2D eigenvalue weighted by Crippen LogP contribution is -2.50. The van der Waals surface area contributed by atoms with E-state index in [1.165, 1.54) is 7.11 Å². The number of para-hydroxylation sites is 2. The van der Waals surface area contributed by atoms with Gasteiger partial charge in [-0.3, -0.25) is 14.3 Å². The SMILES string of the molecule is COCC(=O)N1CCN(c2ccc(C(=O)Nc3cc(-c4nc5ccccc5[nH]4)n(C)n3)cn2)CC1. The molecule has 0 radical (unpaired) electrons. The second-order valence-electron chi connectivity index (χ2n) is 8.30. The van der Waals surface area contributed by atoms with Crippen molar-refractivity contribution >= 4 is 34.5 Å². The van der Waals surface area contributed by atoms with E-state index in [-0.39, 0.29) is 18.4 Å². The lowest BCUT2D eigenvalue weighted by atomic mass is 10.2. The molecule has 0 aliphatic carbocycles. The summed E-state index contributed by atoms with van der Waals surface area (Å²) in [4.78, 5) is 41.0. The average Bonchev–Trinajstić information content (AvgIpc) is 3.47. The van der Waals surface area contributed by atoms with Crippen LogP contribution in [0.5, 0.6) is 0 Å². The largest absolute Gasteiger partial charge is 0.375 e. The smallest absolute Gasteiger partial charge is 0.258 e. The fourth-order valence-corrected chi connectivity index (χ4v) is 4.12. The van der Waals surface area contributed by atoms with E-state index in [4.69, 9.17) is 4.74 Å². The summed E-state index contributed by atoms with van der Waals surface area (Å²) in [6, 6.07) is 13.1. The van der Waals surface area contributed by atoms with Gasteiger partial charge in [-0.25, -0.2) is 9.97 Å². The van der Waals surface area contributed by atoms with E-state index in [1.54, 1.807) is 35.0 Å². The molecule has 2 amide bonds. The molecular weight excluding hydrogens is 448 g/mol. The van der Waals surface area contributed by atoms with E-state index in [9.17, 15) is 9.59 Å². The van der Waals surface area contributed by atoms with Gasteiger partial charge in [-0.1, -0.05) is 12.1 Å². The third-order valence-corrected chi connectivity index (χ3v) is 5.99. The van der Waals surface area contributed by atoms with E-state index in [0.29, 0.717) is 43.4 Å². The molecule has 1 aliphatic heterocycles. The maximum atomic E-state index is 12.8. The van der Waals surface area contributed by atoms with Crippen LogP contribution in [-0.4, -0.2) is 81.3 Å². The number of H-pyrrole nitrogens is 1. The third-order valence-electron chi connectivity index (χ3n) is 5.99. The number of pyridine rings is 1. The molecule has 1 aromatic carbocycles. The molecule has 0 spiro atoms. The number of ether oxygens (including phenoxy) is 1. The molecule has 5 rings (SSSR count). The minimum Gasteiger partial charge on any atom is -0.375 e. The Hall–Kier alpha value is -4.25. The number of amides is 2. The topological polar surface area (TPSA) is 121 Å². The normalized spacial score (nSPS) is 13.9. The Morgan fingerprint density at radius 1 is 1.11 bits per heavy atom. The van der Waals surface area contributed by atoms with Gasteiger partial charge in [0.05, 0.1) is 16.6 Å². The molecule has 0 unspecified atom stereocenters. The molecule has 35 heavy (non-hydrogen) atoms. The summed E-state index contributed by atoms with van der Waals surface area (Å²) >= 11 is 0. The molecule has 180 valence electrons. The van der Waals surface area contributed by atoms with Crippen molar-refractivity contribution in [2.45, 2.75) is 0 Å². The van der Waals surface area contributed by atoms with Crippen LogP contribution in [0.15, 0.2) is 48.7 Å². The van der Waals surface area contributed by atoms with Gasteiger partial charge in [-0.15, -0.1) is 0 Å². The van der Waals surface area contributed by atoms with Crippen LogP contribution >= 0.6 is 0 Å². The number of methoxy groups -OCH3 is 1. The molecule has 0 atom stereocenters. The van der Waals surface area contributed by atoms with Gasteiger partial charge in [0, 0.05) is 52.6 Å². The average molecular weight is 475 g/mol. The molecule has 11 heteroatoms. The van der Waals surface area contributed by atoms with Gasteiger partial charge in [0.2, 0.25) is 5.91 Å². The monoisotopic (exact) mass is 474 g/mol. The number of hydrogen-bond donors (Lipinski definition) is 2. The van der Waals surface area contributed by atoms with E-state index < -0.39 is 0 Å². The first-order chi connectivity index (χ1) is 17.0. The number of carbonyl (C=O) groups is 2. The first-order valence-corrected chi connectivity index (χ1v) is 11.3. The predicted molar refractivity (Wildman–Crippen MR) is 131 cm³/mol. The number of rotatable bonds is 6. The molecule has 1 fully saturated rings. The quantitative estimate of drug-likeness (QED) is 0.438. The lowest BCUT2D eigenvalue weighted by Gasteiger charge is -2.35. The van der Waals surface area contributed by atoms with E-state index >= 15 is 0 Å². The minimum absolute atomic E-state index is 0.00914. The molecule has 11 nitrogen and oxygen atoms in total. The van der Waals surface area contributed by atoms with E-state index in [0.717, 1.165) is 22.5 Å². The number of imidazole rings is 1. The van der Waals surface area contributed by atoms with Crippen molar-refractivity contribution in [2.24, 2.45) is 7.05 Å². The second-order valence-corrected chi connectivity index (χ2v) is 8.30. The van der Waals surface area contributed by atoms with Gasteiger partial charge >= 0.3 is 0 Å². The number of carbonyl (C=O) groups excluding carboxylic acids is 2. The van der Waals surface area contributed by atoms with Crippen LogP contribution in [0.2, 0.25) is 0 Å². The van der Waals surface area contributed by atoms with E-state index in [1.807, 2.05) is 30.3 Å². The Balaban J connectivity index is 1.22. The number of fused-ring (bicyclic) bond motifs is 1. The van der Waals surface area contributed by atoms with Gasteiger partial charge in [0.1, 0.15) is 18.1 Å². The summed E-state index contributed by atoms with van der Waals surface area (Å²) in [6.45, 7) is 2.66. The number of nitrogens with one attached hydrogen (secondary N) is 2. The molecule has 4 aromatic rings. The highest BCUT2D eigenvalue weighted by Gasteiger charge is 2.22. The van der Waals surface area contributed by atoms with Crippen molar-refractivity contribution < 1.29 is 14.3 Å². The summed E-state index contributed by atoms with van der Waals surface area (Å²) in [6.07, 6.45) is 1.55. The zero-order chi connectivity index (χ0) is 24.4. The van der Waals surface area contributed by atoms with Crippen LogP contribution in [0.4, 0.5) is 11.6 Å². The van der Waals surface area contributed by atoms with Gasteiger partial charge in [-0.05, 0) is 24.3 Å². The second kappa shape index (κ2) is 9.55. The number of hydrogen-bond acceptors (Lipinski definition) is 7.